The van der Waals surface area contributed by atoms with Crippen molar-refractivity contribution < 1.29 is 24.5 Å². The van der Waals surface area contributed by atoms with Crippen molar-refractivity contribution >= 4 is 0 Å². The fourth-order valence-electron chi connectivity index (χ4n) is 2.51. The van der Waals surface area contributed by atoms with Gasteiger partial charge >= 0.3 is 0 Å². The van der Waals surface area contributed by atoms with E-state index in [1.165, 1.54) is 6.07 Å². The first-order chi connectivity index (χ1) is 7.62. The summed E-state index contributed by atoms with van der Waals surface area (Å²) in [6, 6.07) is 10.1. The number of hydrogen-bond donors (Lipinski definition) is 0. The Morgan fingerprint density at radius 1 is 1.29 bits per heavy atom. The van der Waals surface area contributed by atoms with E-state index in [2.05, 4.69) is 11.1 Å². The van der Waals surface area contributed by atoms with Crippen molar-refractivity contribution in [2.45, 2.75) is 19.3 Å². The first-order valence-corrected chi connectivity index (χ1v) is 5.29. The van der Waals surface area contributed by atoms with Gasteiger partial charge in [-0.25, -0.2) is 4.39 Å². The molecule has 0 atom stereocenters. The summed E-state index contributed by atoms with van der Waals surface area (Å²) in [7, 11) is 0. The number of hydrogen-bond acceptors (Lipinski definition) is 1. The summed E-state index contributed by atoms with van der Waals surface area (Å²) in [6.45, 7) is 4.05. The summed E-state index contributed by atoms with van der Waals surface area (Å²) in [5, 5.41) is 0. The molecule has 0 spiro atoms. The number of nitrogens with zero attached hydrogens (tertiary/aromatic N) is 1. The van der Waals surface area contributed by atoms with Crippen LogP contribution in [-0.4, -0.2) is 4.98 Å². The van der Waals surface area contributed by atoms with Crippen molar-refractivity contribution in [1.29, 1.82) is 0 Å². The second-order valence-corrected chi connectivity index (χ2v) is 4.60. The standard InChI is InChI=1S/C14H11FN.Ir/c1-14(2)10-6-4-8-16-13(10)9-5-3-7-11(15)12(9)14;/h3-4,6-8H,1-2H3;/q-1;. The van der Waals surface area contributed by atoms with Gasteiger partial charge in [-0.05, 0) is 17.2 Å². The molecule has 1 radical (unpaired) electrons. The topological polar surface area (TPSA) is 12.9 Å². The van der Waals surface area contributed by atoms with Crippen LogP contribution in [0, 0.1) is 11.9 Å². The molecule has 0 fully saturated rings. The Morgan fingerprint density at radius 2 is 2.06 bits per heavy atom. The molecule has 2 aromatic rings. The van der Waals surface area contributed by atoms with E-state index in [9.17, 15) is 4.39 Å². The second kappa shape index (κ2) is 4.01. The smallest absolute Gasteiger partial charge is 0.0458 e. The molecule has 3 heteroatoms. The van der Waals surface area contributed by atoms with E-state index in [-0.39, 0.29) is 31.3 Å². The van der Waals surface area contributed by atoms with Gasteiger partial charge in [0.25, 0.3) is 0 Å². The van der Waals surface area contributed by atoms with E-state index in [0.29, 0.717) is 5.56 Å². The van der Waals surface area contributed by atoms with Crippen LogP contribution < -0.4 is 0 Å². The Bertz CT molecular complexity index is 578. The van der Waals surface area contributed by atoms with Gasteiger partial charge in [0, 0.05) is 32.1 Å². The van der Waals surface area contributed by atoms with Crippen molar-refractivity contribution in [2.24, 2.45) is 0 Å². The Balaban J connectivity index is 0.00000108. The molecule has 1 heterocycles. The molecule has 17 heavy (non-hydrogen) atoms. The van der Waals surface area contributed by atoms with E-state index in [4.69, 9.17) is 0 Å². The number of fused-ring (bicyclic) bond motifs is 3. The average molecular weight is 404 g/mol. The zero-order chi connectivity index (χ0) is 11.3. The molecule has 1 aromatic heterocycles. The van der Waals surface area contributed by atoms with Crippen LogP contribution in [0.15, 0.2) is 30.5 Å². The summed E-state index contributed by atoms with van der Waals surface area (Å²) in [5.74, 6) is -0.170. The number of aromatic nitrogens is 1. The maximum absolute atomic E-state index is 13.9. The molecule has 0 saturated heterocycles. The van der Waals surface area contributed by atoms with Crippen molar-refractivity contribution in [3.8, 4) is 11.3 Å². The molecule has 0 bridgehead atoms. The van der Waals surface area contributed by atoms with Crippen molar-refractivity contribution in [2.75, 3.05) is 0 Å². The van der Waals surface area contributed by atoms with Gasteiger partial charge in [0.1, 0.15) is 0 Å². The van der Waals surface area contributed by atoms with Gasteiger partial charge < -0.3 is 4.98 Å². The largest absolute Gasteiger partial charge is 0.304 e. The Labute approximate surface area is 113 Å². The van der Waals surface area contributed by atoms with Crippen LogP contribution in [0.3, 0.4) is 0 Å². The first kappa shape index (κ1) is 12.4. The molecular formula is C14H11FIrN-. The summed E-state index contributed by atoms with van der Waals surface area (Å²) in [4.78, 5) is 4.34. The number of pyridine rings is 1. The molecule has 1 aromatic carbocycles. The van der Waals surface area contributed by atoms with Gasteiger partial charge in [-0.2, -0.15) is 0 Å². The summed E-state index contributed by atoms with van der Waals surface area (Å²) >= 11 is 0. The molecule has 1 aliphatic rings. The number of halogens is 1. The summed E-state index contributed by atoms with van der Waals surface area (Å²) in [5.41, 5.74) is 3.14. The number of benzene rings is 1. The third-order valence-electron chi connectivity index (χ3n) is 3.29. The molecule has 0 unspecified atom stereocenters. The monoisotopic (exact) mass is 405 g/mol. The predicted octanol–water partition coefficient (Wildman–Crippen LogP) is 3.32. The van der Waals surface area contributed by atoms with Crippen LogP contribution in [0.5, 0.6) is 0 Å². The van der Waals surface area contributed by atoms with E-state index >= 15 is 0 Å². The van der Waals surface area contributed by atoms with Crippen molar-refractivity contribution in [3.63, 3.8) is 0 Å². The summed E-state index contributed by atoms with van der Waals surface area (Å²) in [6.07, 6.45) is 1.74. The van der Waals surface area contributed by atoms with E-state index in [1.807, 2.05) is 26.0 Å². The zero-order valence-electron chi connectivity index (χ0n) is 9.55. The molecule has 0 N–H and O–H groups in total. The molecule has 1 nitrogen and oxygen atoms in total. The fourth-order valence-corrected chi connectivity index (χ4v) is 2.51. The van der Waals surface area contributed by atoms with Crippen molar-refractivity contribution in [3.05, 3.63) is 53.5 Å². The van der Waals surface area contributed by atoms with E-state index in [0.717, 1.165) is 16.8 Å². The van der Waals surface area contributed by atoms with Gasteiger partial charge in [-0.3, -0.25) is 0 Å². The normalized spacial score (nSPS) is 14.8. The van der Waals surface area contributed by atoms with Gasteiger partial charge in [0.15, 0.2) is 0 Å². The Morgan fingerprint density at radius 3 is 2.82 bits per heavy atom. The quantitative estimate of drug-likeness (QED) is 0.614. The van der Waals surface area contributed by atoms with Gasteiger partial charge in [-0.1, -0.05) is 31.0 Å². The maximum atomic E-state index is 13.9. The van der Waals surface area contributed by atoms with Crippen molar-refractivity contribution in [1.82, 2.24) is 4.98 Å². The van der Waals surface area contributed by atoms with Gasteiger partial charge in [-0.15, -0.1) is 23.8 Å². The predicted molar refractivity (Wildman–Crippen MR) is 60.6 cm³/mol. The van der Waals surface area contributed by atoms with Crippen LogP contribution >= 0.6 is 0 Å². The van der Waals surface area contributed by atoms with Gasteiger partial charge in [0.05, 0.1) is 0 Å². The minimum absolute atomic E-state index is 0. The Hall–Kier alpha value is -1.05. The molecule has 0 saturated carbocycles. The number of rotatable bonds is 0. The molecule has 3 rings (SSSR count). The van der Waals surface area contributed by atoms with Crippen LogP contribution in [0.2, 0.25) is 0 Å². The SMILES string of the molecule is CC1(C)c2cccnc2-c2[c-]ccc(F)c21.[Ir]. The molecule has 0 amide bonds. The average Bonchev–Trinajstić information content (AvgIpc) is 2.50. The molecular weight excluding hydrogens is 393 g/mol. The van der Waals surface area contributed by atoms with Crippen LogP contribution in [0.25, 0.3) is 11.3 Å². The van der Waals surface area contributed by atoms with Gasteiger partial charge in [0.2, 0.25) is 0 Å². The minimum atomic E-state index is -0.319. The fraction of sp³-hybridized carbons (Fsp3) is 0.214. The van der Waals surface area contributed by atoms with Crippen LogP contribution in [0.4, 0.5) is 4.39 Å². The Kier molecular flexibility index (Phi) is 2.92. The summed E-state index contributed by atoms with van der Waals surface area (Å²) < 4.78 is 13.9. The first-order valence-electron chi connectivity index (χ1n) is 5.29. The maximum Gasteiger partial charge on any atom is 0.0458 e. The molecule has 89 valence electrons. The van der Waals surface area contributed by atoms with E-state index < -0.39 is 0 Å². The zero-order valence-corrected chi connectivity index (χ0v) is 11.9. The minimum Gasteiger partial charge on any atom is -0.304 e. The van der Waals surface area contributed by atoms with Crippen LogP contribution in [-0.2, 0) is 25.5 Å². The molecule has 1 aliphatic carbocycles. The third kappa shape index (κ3) is 1.57. The van der Waals surface area contributed by atoms with E-state index in [1.54, 1.807) is 12.3 Å². The second-order valence-electron chi connectivity index (χ2n) is 4.60. The van der Waals surface area contributed by atoms with Crippen LogP contribution in [0.1, 0.15) is 25.0 Å². The third-order valence-corrected chi connectivity index (χ3v) is 3.29. The molecule has 0 aliphatic heterocycles.